The predicted octanol–water partition coefficient (Wildman–Crippen LogP) is 2.45. The van der Waals surface area contributed by atoms with Crippen LogP contribution in [-0.2, 0) is 9.05 Å². The van der Waals surface area contributed by atoms with Crippen LogP contribution in [0.3, 0.4) is 0 Å². The summed E-state index contributed by atoms with van der Waals surface area (Å²) >= 11 is 5.81. The standard InChI is InChI=1S/C9H6Cl2N2O2S/c10-7-2-1-3-8(4-7)13-6-9(5-12-13)16(11,14)15/h1-6H. The number of hydrogen-bond acceptors (Lipinski definition) is 3. The zero-order chi connectivity index (χ0) is 11.8. The first-order valence-electron chi connectivity index (χ1n) is 4.22. The van der Waals surface area contributed by atoms with Crippen LogP contribution in [0.2, 0.25) is 5.02 Å². The normalized spacial score (nSPS) is 11.6. The van der Waals surface area contributed by atoms with Gasteiger partial charge in [-0.15, -0.1) is 0 Å². The van der Waals surface area contributed by atoms with E-state index in [9.17, 15) is 8.42 Å². The van der Waals surface area contributed by atoms with Crippen LogP contribution in [0.5, 0.6) is 0 Å². The summed E-state index contributed by atoms with van der Waals surface area (Å²) in [4.78, 5) is -0.0471. The Morgan fingerprint density at radius 1 is 1.31 bits per heavy atom. The fourth-order valence-corrected chi connectivity index (χ4v) is 2.01. The van der Waals surface area contributed by atoms with Gasteiger partial charge >= 0.3 is 0 Å². The molecule has 0 atom stereocenters. The minimum absolute atomic E-state index is 0.0471. The van der Waals surface area contributed by atoms with E-state index < -0.39 is 9.05 Å². The third-order valence-corrected chi connectivity index (χ3v) is 3.46. The summed E-state index contributed by atoms with van der Waals surface area (Å²) in [5, 5.41) is 4.43. The van der Waals surface area contributed by atoms with Crippen LogP contribution >= 0.6 is 22.3 Å². The second-order valence-electron chi connectivity index (χ2n) is 3.04. The highest BCUT2D eigenvalue weighted by molar-refractivity contribution is 8.13. The molecule has 0 aliphatic heterocycles. The summed E-state index contributed by atoms with van der Waals surface area (Å²) in [7, 11) is 1.44. The van der Waals surface area contributed by atoms with Crippen LogP contribution in [0.1, 0.15) is 0 Å². The van der Waals surface area contributed by atoms with Gasteiger partial charge in [0.2, 0.25) is 0 Å². The van der Waals surface area contributed by atoms with Gasteiger partial charge in [0, 0.05) is 15.7 Å². The van der Waals surface area contributed by atoms with E-state index in [-0.39, 0.29) is 4.90 Å². The highest BCUT2D eigenvalue weighted by Crippen LogP contribution is 2.18. The van der Waals surface area contributed by atoms with Crippen molar-refractivity contribution < 1.29 is 8.42 Å². The summed E-state index contributed by atoms with van der Waals surface area (Å²) in [5.41, 5.74) is 0.666. The Kier molecular flexibility index (Phi) is 2.92. The van der Waals surface area contributed by atoms with Crippen molar-refractivity contribution in [2.24, 2.45) is 0 Å². The molecule has 0 spiro atoms. The van der Waals surface area contributed by atoms with Gasteiger partial charge in [0.25, 0.3) is 9.05 Å². The molecule has 4 nitrogen and oxygen atoms in total. The fraction of sp³-hybridized carbons (Fsp3) is 0. The van der Waals surface area contributed by atoms with Gasteiger partial charge in [0.05, 0.1) is 18.1 Å². The first-order valence-corrected chi connectivity index (χ1v) is 6.91. The smallest absolute Gasteiger partial charge is 0.240 e. The monoisotopic (exact) mass is 276 g/mol. The summed E-state index contributed by atoms with van der Waals surface area (Å²) in [6, 6.07) is 6.88. The van der Waals surface area contributed by atoms with Crippen molar-refractivity contribution in [1.29, 1.82) is 0 Å². The Bertz CT molecular complexity index is 622. The minimum Gasteiger partial charge on any atom is -0.240 e. The lowest BCUT2D eigenvalue weighted by Gasteiger charge is -2.00. The van der Waals surface area contributed by atoms with Crippen LogP contribution in [0.15, 0.2) is 41.6 Å². The summed E-state index contributed by atoms with van der Waals surface area (Å²) in [6.07, 6.45) is 2.51. The lowest BCUT2D eigenvalue weighted by atomic mass is 10.3. The number of nitrogens with zero attached hydrogens (tertiary/aromatic N) is 2. The molecule has 0 unspecified atom stereocenters. The number of rotatable bonds is 2. The Hall–Kier alpha value is -1.04. The van der Waals surface area contributed by atoms with Crippen molar-refractivity contribution in [1.82, 2.24) is 9.78 Å². The Labute approximate surface area is 102 Å². The molecule has 1 heterocycles. The first-order chi connectivity index (χ1) is 7.47. The maximum Gasteiger partial charge on any atom is 0.264 e. The average Bonchev–Trinajstić information content (AvgIpc) is 2.65. The van der Waals surface area contributed by atoms with E-state index in [0.717, 1.165) is 0 Å². The van der Waals surface area contributed by atoms with Crippen molar-refractivity contribution in [2.45, 2.75) is 4.90 Å². The van der Waals surface area contributed by atoms with E-state index >= 15 is 0 Å². The molecular formula is C9H6Cl2N2O2S. The second kappa shape index (κ2) is 4.08. The van der Waals surface area contributed by atoms with Crippen molar-refractivity contribution in [3.8, 4) is 5.69 Å². The molecule has 0 bridgehead atoms. The van der Waals surface area contributed by atoms with Gasteiger partial charge in [-0.3, -0.25) is 0 Å². The molecule has 16 heavy (non-hydrogen) atoms. The third kappa shape index (κ3) is 2.37. The van der Waals surface area contributed by atoms with Crippen molar-refractivity contribution in [3.63, 3.8) is 0 Å². The summed E-state index contributed by atoms with van der Waals surface area (Å²) < 4.78 is 23.5. The predicted molar refractivity (Wildman–Crippen MR) is 61.6 cm³/mol. The second-order valence-corrected chi connectivity index (χ2v) is 6.04. The molecule has 0 radical (unpaired) electrons. The Morgan fingerprint density at radius 2 is 2.06 bits per heavy atom. The molecule has 0 amide bonds. The highest BCUT2D eigenvalue weighted by Gasteiger charge is 2.13. The summed E-state index contributed by atoms with van der Waals surface area (Å²) in [6.45, 7) is 0. The molecule has 0 fully saturated rings. The number of hydrogen-bond donors (Lipinski definition) is 0. The van der Waals surface area contributed by atoms with Gasteiger partial charge in [0.1, 0.15) is 4.90 Å². The van der Waals surface area contributed by atoms with Gasteiger partial charge in [-0.1, -0.05) is 17.7 Å². The van der Waals surface area contributed by atoms with Gasteiger partial charge in [-0.25, -0.2) is 13.1 Å². The average molecular weight is 277 g/mol. The lowest BCUT2D eigenvalue weighted by molar-refractivity contribution is 0.609. The minimum atomic E-state index is -3.74. The van der Waals surface area contributed by atoms with E-state index in [0.29, 0.717) is 10.7 Å². The van der Waals surface area contributed by atoms with E-state index in [1.165, 1.54) is 17.1 Å². The van der Waals surface area contributed by atoms with Crippen molar-refractivity contribution >= 4 is 31.3 Å². The maximum atomic E-state index is 11.0. The number of benzene rings is 1. The molecule has 0 N–H and O–H groups in total. The van der Waals surface area contributed by atoms with Gasteiger partial charge in [-0.05, 0) is 18.2 Å². The molecule has 1 aromatic heterocycles. The van der Waals surface area contributed by atoms with E-state index in [2.05, 4.69) is 5.10 Å². The molecule has 2 aromatic rings. The van der Waals surface area contributed by atoms with Gasteiger partial charge in [-0.2, -0.15) is 5.10 Å². The van der Waals surface area contributed by atoms with E-state index in [4.69, 9.17) is 22.3 Å². The SMILES string of the molecule is O=S(=O)(Cl)c1cnn(-c2cccc(Cl)c2)c1. The van der Waals surface area contributed by atoms with Crippen LogP contribution in [0, 0.1) is 0 Å². The van der Waals surface area contributed by atoms with Crippen LogP contribution in [-0.4, -0.2) is 18.2 Å². The molecule has 0 aliphatic rings. The highest BCUT2D eigenvalue weighted by atomic mass is 35.7. The lowest BCUT2D eigenvalue weighted by Crippen LogP contribution is -1.93. The Balaban J connectivity index is 2.47. The Morgan fingerprint density at radius 3 is 2.62 bits per heavy atom. The number of halogens is 2. The number of aromatic nitrogens is 2. The van der Waals surface area contributed by atoms with Crippen LogP contribution in [0.4, 0.5) is 0 Å². The molecule has 0 saturated heterocycles. The van der Waals surface area contributed by atoms with Crippen molar-refractivity contribution in [2.75, 3.05) is 0 Å². The van der Waals surface area contributed by atoms with E-state index in [1.807, 2.05) is 0 Å². The molecule has 7 heteroatoms. The van der Waals surface area contributed by atoms with Crippen LogP contribution < -0.4 is 0 Å². The fourth-order valence-electron chi connectivity index (χ4n) is 1.19. The maximum absolute atomic E-state index is 11.0. The quantitative estimate of drug-likeness (QED) is 0.792. The summed E-state index contributed by atoms with van der Waals surface area (Å²) in [5.74, 6) is 0. The largest absolute Gasteiger partial charge is 0.264 e. The topological polar surface area (TPSA) is 52.0 Å². The first kappa shape index (κ1) is 11.4. The van der Waals surface area contributed by atoms with Gasteiger partial charge < -0.3 is 0 Å². The van der Waals surface area contributed by atoms with E-state index in [1.54, 1.807) is 24.3 Å². The molecule has 0 saturated carbocycles. The zero-order valence-corrected chi connectivity index (χ0v) is 10.2. The molecule has 1 aromatic carbocycles. The third-order valence-electron chi connectivity index (χ3n) is 1.91. The molecule has 84 valence electrons. The van der Waals surface area contributed by atoms with Crippen molar-refractivity contribution in [3.05, 3.63) is 41.7 Å². The van der Waals surface area contributed by atoms with Gasteiger partial charge in [0.15, 0.2) is 0 Å². The molecule has 0 aliphatic carbocycles. The molecular weight excluding hydrogens is 271 g/mol. The van der Waals surface area contributed by atoms with Crippen LogP contribution in [0.25, 0.3) is 5.69 Å². The molecule has 2 rings (SSSR count). The zero-order valence-electron chi connectivity index (χ0n) is 7.84.